The van der Waals surface area contributed by atoms with Gasteiger partial charge in [-0.05, 0) is 66.3 Å². The monoisotopic (exact) mass is 767 g/mol. The summed E-state index contributed by atoms with van der Waals surface area (Å²) in [5.74, 6) is -8.44. The first kappa shape index (κ1) is 34.7. The lowest BCUT2D eigenvalue weighted by Crippen LogP contribution is -2.55. The molecule has 12 nitrogen and oxygen atoms in total. The number of likely N-dealkylation sites (tertiary alicyclic amines) is 1. The van der Waals surface area contributed by atoms with Crippen LogP contribution in [-0.2, 0) is 37.2 Å². The molecular weight excluding hydrogens is 742 g/mol. The number of alkyl halides is 3. The quantitative estimate of drug-likeness (QED) is 0.228. The molecule has 2 aromatic carbocycles. The van der Waals surface area contributed by atoms with Crippen LogP contribution < -0.4 is 15.9 Å². The Bertz CT molecular complexity index is 2230. The molecule has 272 valence electrons. The van der Waals surface area contributed by atoms with Crippen molar-refractivity contribution in [3.05, 3.63) is 105 Å². The summed E-state index contributed by atoms with van der Waals surface area (Å²) in [7, 11) is 0. The minimum Gasteiger partial charge on any atom is -0.508 e. The van der Waals surface area contributed by atoms with Gasteiger partial charge in [0.25, 0.3) is 11.8 Å². The number of aromatic hydroxyl groups is 1. The van der Waals surface area contributed by atoms with Crippen molar-refractivity contribution in [3.63, 3.8) is 0 Å². The molecule has 6 unspecified atom stereocenters. The lowest BCUT2D eigenvalue weighted by Gasteiger charge is -2.51. The largest absolute Gasteiger partial charge is 0.508 e. The number of hydrogen-bond donors (Lipinski definition) is 3. The van der Waals surface area contributed by atoms with E-state index in [4.69, 9.17) is 33.7 Å². The third-order valence-electron chi connectivity index (χ3n) is 10.9. The highest BCUT2D eigenvalue weighted by Gasteiger charge is 2.71. The third-order valence-corrected chi connectivity index (χ3v) is 11.5. The minimum absolute atomic E-state index is 0.0173. The molecule has 6 atom stereocenters. The lowest BCUT2D eigenvalue weighted by molar-refractivity contribution is -0.140. The molecule has 0 radical (unpaired) electrons. The summed E-state index contributed by atoms with van der Waals surface area (Å²) >= 11 is 12.5. The number of phenolic OH excluding ortho intramolecular Hbond substituents is 1. The maximum absolute atomic E-state index is 15.2. The van der Waals surface area contributed by atoms with Crippen LogP contribution in [0.15, 0.2) is 78.2 Å². The van der Waals surface area contributed by atoms with Gasteiger partial charge in [0.05, 0.1) is 40.0 Å². The van der Waals surface area contributed by atoms with Gasteiger partial charge in [-0.25, -0.2) is 9.78 Å². The van der Waals surface area contributed by atoms with E-state index in [9.17, 15) is 37.5 Å². The number of aromatic nitrogens is 1. The highest BCUT2D eigenvalue weighted by molar-refractivity contribution is 6.33. The van der Waals surface area contributed by atoms with Crippen LogP contribution in [-0.4, -0.2) is 49.7 Å². The molecule has 53 heavy (non-hydrogen) atoms. The number of urea groups is 1. The van der Waals surface area contributed by atoms with Crippen molar-refractivity contribution in [1.82, 2.24) is 14.9 Å². The predicted octanol–water partition coefficient (Wildman–Crippen LogP) is 5.53. The Balaban J connectivity index is 1.32. The number of rotatable bonds is 4. The summed E-state index contributed by atoms with van der Waals surface area (Å²) in [5.41, 5.74) is 7.00. The Labute approximate surface area is 307 Å². The number of benzene rings is 2. The Kier molecular flexibility index (Phi) is 7.89. The van der Waals surface area contributed by atoms with Crippen LogP contribution in [0.25, 0.3) is 0 Å². The number of amides is 6. The first-order valence-corrected chi connectivity index (χ1v) is 17.1. The molecule has 8 rings (SSSR count). The summed E-state index contributed by atoms with van der Waals surface area (Å²) in [4.78, 5) is 73.6. The van der Waals surface area contributed by atoms with Crippen LogP contribution in [0.2, 0.25) is 10.0 Å². The summed E-state index contributed by atoms with van der Waals surface area (Å²) in [6.07, 6.45) is -1.08. The zero-order valence-electron chi connectivity index (χ0n) is 27.1. The number of carbonyl (C=O) groups excluding carboxylic acids is 5. The van der Waals surface area contributed by atoms with E-state index in [-0.39, 0.29) is 25.0 Å². The van der Waals surface area contributed by atoms with E-state index in [1.165, 1.54) is 18.4 Å². The molecule has 2 aliphatic carbocycles. The Hall–Kier alpha value is -5.41. The van der Waals surface area contributed by atoms with Gasteiger partial charge in [-0.3, -0.25) is 24.6 Å². The zero-order valence-corrected chi connectivity index (χ0v) is 28.6. The maximum atomic E-state index is 15.2. The van der Waals surface area contributed by atoms with Gasteiger partial charge in [0.15, 0.2) is 5.82 Å². The van der Waals surface area contributed by atoms with Crippen LogP contribution in [0, 0.1) is 29.6 Å². The normalized spacial score (nSPS) is 27.7. The molecule has 1 saturated carbocycles. The van der Waals surface area contributed by atoms with Crippen molar-refractivity contribution >= 4 is 58.7 Å². The van der Waals surface area contributed by atoms with Gasteiger partial charge < -0.3 is 15.6 Å². The van der Waals surface area contributed by atoms with Gasteiger partial charge in [-0.15, -0.1) is 0 Å². The number of hydrogen-bond acceptors (Lipinski definition) is 9. The number of nitrogens with two attached hydrogens (primary N) is 1. The fraction of sp³-hybridized carbons (Fsp3) is 0.278. The van der Waals surface area contributed by atoms with Crippen molar-refractivity contribution in [2.24, 2.45) is 35.3 Å². The molecule has 3 aliphatic heterocycles. The first-order chi connectivity index (χ1) is 25.1. The van der Waals surface area contributed by atoms with Crippen molar-refractivity contribution in [2.75, 3.05) is 5.43 Å². The lowest BCUT2D eigenvalue weighted by atomic mass is 9.48. The second-order valence-corrected chi connectivity index (χ2v) is 14.4. The van der Waals surface area contributed by atoms with Crippen molar-refractivity contribution in [1.29, 1.82) is 0 Å². The molecule has 2 saturated heterocycles. The first-order valence-electron chi connectivity index (χ1n) is 16.3. The number of primary amides is 1. The van der Waals surface area contributed by atoms with Gasteiger partial charge in [0, 0.05) is 29.1 Å². The molecule has 4 N–H and O–H groups in total. The molecule has 0 bridgehead atoms. The van der Waals surface area contributed by atoms with Gasteiger partial charge in [0.2, 0.25) is 11.8 Å². The van der Waals surface area contributed by atoms with Crippen LogP contribution in [0.4, 0.5) is 23.8 Å². The molecule has 17 heteroatoms. The second-order valence-electron chi connectivity index (χ2n) is 13.5. The van der Waals surface area contributed by atoms with Gasteiger partial charge in [0.1, 0.15) is 11.5 Å². The summed E-state index contributed by atoms with van der Waals surface area (Å²) < 4.78 is 46.3. The predicted molar refractivity (Wildman–Crippen MR) is 180 cm³/mol. The van der Waals surface area contributed by atoms with Crippen molar-refractivity contribution in [2.45, 2.75) is 30.9 Å². The number of pyridine rings is 1. The smallest absolute Gasteiger partial charge is 0.417 e. The number of ether oxygens (including phenoxy) is 1. The van der Waals surface area contributed by atoms with Crippen LogP contribution in [0.1, 0.15) is 29.5 Å². The number of nitrogens with zero attached hydrogens (tertiary/aromatic N) is 3. The SMILES string of the molecule is NC(=O)N1C(=O)C2CC=C3C(CC4C(=O)N(Nc5ncc(C(F)(F)F)cc5Cl)C(=O)C4(c4ccc(Cl)cc4)C3C3=COc4ccc(O)cc4C3)C2C1=O. The fourth-order valence-electron chi connectivity index (χ4n) is 8.82. The molecule has 1 aromatic heterocycles. The average Bonchev–Trinajstić information content (AvgIpc) is 3.49. The van der Waals surface area contributed by atoms with E-state index >= 15 is 4.79 Å². The Morgan fingerprint density at radius 3 is 2.43 bits per heavy atom. The van der Waals surface area contributed by atoms with E-state index in [1.807, 2.05) is 0 Å². The number of phenols is 1. The van der Waals surface area contributed by atoms with E-state index in [1.54, 1.807) is 36.4 Å². The molecule has 4 heterocycles. The minimum atomic E-state index is -4.77. The second kappa shape index (κ2) is 12.1. The van der Waals surface area contributed by atoms with E-state index in [0.29, 0.717) is 55.2 Å². The highest BCUT2D eigenvalue weighted by atomic mass is 35.5. The van der Waals surface area contributed by atoms with Crippen LogP contribution in [0.5, 0.6) is 11.5 Å². The van der Waals surface area contributed by atoms with E-state index < -0.39 is 87.2 Å². The number of imide groups is 4. The summed E-state index contributed by atoms with van der Waals surface area (Å²) in [6.45, 7) is 0. The number of fused-ring (bicyclic) bond motifs is 5. The fourth-order valence-corrected chi connectivity index (χ4v) is 9.15. The number of carbonyl (C=O) groups is 5. The maximum Gasteiger partial charge on any atom is 0.417 e. The van der Waals surface area contributed by atoms with Crippen molar-refractivity contribution in [3.8, 4) is 11.5 Å². The van der Waals surface area contributed by atoms with Crippen LogP contribution >= 0.6 is 23.2 Å². The van der Waals surface area contributed by atoms with E-state index in [0.717, 1.165) is 0 Å². The molecule has 3 aromatic rings. The number of halogens is 5. The topological polar surface area (TPSA) is 172 Å². The molecule has 5 aliphatic rings. The van der Waals surface area contributed by atoms with Gasteiger partial charge in [-0.2, -0.15) is 23.1 Å². The van der Waals surface area contributed by atoms with Gasteiger partial charge in [-0.1, -0.05) is 47.0 Å². The number of nitrogens with one attached hydrogen (secondary N) is 1. The van der Waals surface area contributed by atoms with Crippen LogP contribution in [0.3, 0.4) is 0 Å². The van der Waals surface area contributed by atoms with Crippen molar-refractivity contribution < 1.29 is 47.0 Å². The Morgan fingerprint density at radius 2 is 1.75 bits per heavy atom. The molecular formula is C36H26Cl2F3N5O7. The molecule has 3 fully saturated rings. The molecule has 0 spiro atoms. The standard InChI is InChI=1S/C36H26Cl2F3N5O7/c37-19-3-1-17(2-4-19)35-24(31(49)46(33(35)51)44-29-25(38)11-18(13-43-29)36(39,40)41)12-23-21(6-7-22-27(23)32(50)45(30(22)48)34(42)52)28(35)16-9-15-10-20(47)5-8-26(15)53-14-16/h1-6,8,10-11,13-14,22-24,27-28,47H,7,9,12H2,(H2,42,52)(H,43,44). The number of allylic oxidation sites excluding steroid dienone is 3. The highest BCUT2D eigenvalue weighted by Crippen LogP contribution is 2.63. The Morgan fingerprint density at radius 1 is 1.02 bits per heavy atom. The number of hydrazine groups is 1. The molecule has 6 amide bonds. The van der Waals surface area contributed by atoms with Gasteiger partial charge >= 0.3 is 12.2 Å². The van der Waals surface area contributed by atoms with E-state index in [2.05, 4.69) is 10.4 Å². The average molecular weight is 769 g/mol. The zero-order chi connectivity index (χ0) is 37.7. The summed E-state index contributed by atoms with van der Waals surface area (Å²) in [5, 5.41) is 10.8. The summed E-state index contributed by atoms with van der Waals surface area (Å²) in [6, 6.07) is 10.2. The third kappa shape index (κ3) is 5.11. The number of anilines is 1.